The summed E-state index contributed by atoms with van der Waals surface area (Å²) in [4.78, 5) is 34.8. The molecule has 1 aromatic rings. The van der Waals surface area contributed by atoms with Crippen LogP contribution in [0.15, 0.2) is 18.2 Å². The third-order valence-electron chi connectivity index (χ3n) is 3.45. The highest BCUT2D eigenvalue weighted by Crippen LogP contribution is 2.25. The van der Waals surface area contributed by atoms with Crippen LogP contribution in [0.4, 0.5) is 5.69 Å². The molecule has 1 N–H and O–H groups in total. The number of carbonyl (C=O) groups excluding carboxylic acids is 1. The molecule has 1 heterocycles. The van der Waals surface area contributed by atoms with Crippen molar-refractivity contribution >= 4 is 29.2 Å². The van der Waals surface area contributed by atoms with E-state index in [0.717, 1.165) is 6.07 Å². The average molecular weight is 313 g/mol. The van der Waals surface area contributed by atoms with E-state index >= 15 is 0 Å². The summed E-state index contributed by atoms with van der Waals surface area (Å²) in [7, 11) is 0. The lowest BCUT2D eigenvalue weighted by Gasteiger charge is -2.30. The molecule has 112 valence electrons. The van der Waals surface area contributed by atoms with Crippen molar-refractivity contribution in [2.45, 2.75) is 12.8 Å². The van der Waals surface area contributed by atoms with Crippen molar-refractivity contribution in [2.75, 3.05) is 13.1 Å². The van der Waals surface area contributed by atoms with Crippen molar-refractivity contribution in [3.63, 3.8) is 0 Å². The number of rotatable bonds is 3. The molecule has 0 saturated carbocycles. The number of non-ortho nitro benzene ring substituents is 1. The number of benzene rings is 1. The van der Waals surface area contributed by atoms with E-state index in [-0.39, 0.29) is 22.8 Å². The SMILES string of the molecule is O=C(O)[C@H]1CCCN(C(=O)c2ccc([N+](=O)[O-])cc2Cl)C1. The molecule has 0 aliphatic carbocycles. The molecule has 1 aliphatic rings. The van der Waals surface area contributed by atoms with E-state index in [0.29, 0.717) is 19.4 Å². The molecule has 1 atom stereocenters. The molecule has 21 heavy (non-hydrogen) atoms. The Bertz CT molecular complexity index is 604. The number of nitro groups is 1. The molecular formula is C13H13ClN2O5. The van der Waals surface area contributed by atoms with Crippen molar-refractivity contribution in [1.29, 1.82) is 0 Å². The molecule has 0 bridgehead atoms. The number of nitro benzene ring substituents is 1. The Morgan fingerprint density at radius 2 is 2.14 bits per heavy atom. The van der Waals surface area contributed by atoms with Gasteiger partial charge in [0, 0.05) is 25.2 Å². The van der Waals surface area contributed by atoms with E-state index in [1.54, 1.807) is 0 Å². The molecule has 1 amide bonds. The van der Waals surface area contributed by atoms with Crippen molar-refractivity contribution < 1.29 is 19.6 Å². The maximum absolute atomic E-state index is 12.3. The van der Waals surface area contributed by atoms with E-state index in [1.807, 2.05) is 0 Å². The number of nitrogens with zero attached hydrogens (tertiary/aromatic N) is 2. The fraction of sp³-hybridized carbons (Fsp3) is 0.385. The van der Waals surface area contributed by atoms with Gasteiger partial charge in [-0.25, -0.2) is 0 Å². The summed E-state index contributed by atoms with van der Waals surface area (Å²) in [6.45, 7) is 0.581. The predicted molar refractivity (Wildman–Crippen MR) is 74.4 cm³/mol. The lowest BCUT2D eigenvalue weighted by atomic mass is 9.97. The second-order valence-corrected chi connectivity index (χ2v) is 5.26. The van der Waals surface area contributed by atoms with Crippen LogP contribution in [0.1, 0.15) is 23.2 Å². The van der Waals surface area contributed by atoms with Gasteiger partial charge in [0.05, 0.1) is 21.4 Å². The third-order valence-corrected chi connectivity index (χ3v) is 3.76. The number of carboxylic acid groups (broad SMARTS) is 1. The first-order valence-corrected chi connectivity index (χ1v) is 6.74. The van der Waals surface area contributed by atoms with E-state index in [4.69, 9.17) is 16.7 Å². The zero-order valence-electron chi connectivity index (χ0n) is 11.0. The molecule has 1 aromatic carbocycles. The zero-order valence-corrected chi connectivity index (χ0v) is 11.7. The number of halogens is 1. The van der Waals surface area contributed by atoms with Gasteiger partial charge in [-0.1, -0.05) is 11.6 Å². The lowest BCUT2D eigenvalue weighted by molar-refractivity contribution is -0.384. The minimum absolute atomic E-state index is 0.00773. The summed E-state index contributed by atoms with van der Waals surface area (Å²) >= 11 is 5.92. The maximum atomic E-state index is 12.3. The van der Waals surface area contributed by atoms with Crippen molar-refractivity contribution in [3.05, 3.63) is 38.9 Å². The van der Waals surface area contributed by atoms with Gasteiger partial charge in [0.1, 0.15) is 0 Å². The van der Waals surface area contributed by atoms with Crippen LogP contribution in [0.5, 0.6) is 0 Å². The molecule has 8 heteroatoms. The predicted octanol–water partition coefficient (Wildman–Crippen LogP) is 2.19. The summed E-state index contributed by atoms with van der Waals surface area (Å²) in [5.74, 6) is -1.91. The Labute approximate surface area is 125 Å². The maximum Gasteiger partial charge on any atom is 0.308 e. The highest BCUT2D eigenvalue weighted by atomic mass is 35.5. The monoisotopic (exact) mass is 312 g/mol. The number of likely N-dealkylation sites (tertiary alicyclic amines) is 1. The van der Waals surface area contributed by atoms with Gasteiger partial charge in [0.25, 0.3) is 11.6 Å². The number of piperidine rings is 1. The van der Waals surface area contributed by atoms with Crippen LogP contribution in [-0.4, -0.2) is 39.9 Å². The van der Waals surface area contributed by atoms with Crippen LogP contribution in [0.2, 0.25) is 5.02 Å². The standard InChI is InChI=1S/C13H13ClN2O5/c14-11-6-9(16(20)21)3-4-10(11)12(17)15-5-1-2-8(7-15)13(18)19/h3-4,6,8H,1-2,5,7H2,(H,18,19)/t8-/m0/s1. The molecule has 1 aliphatic heterocycles. The Balaban J connectivity index is 2.20. The minimum atomic E-state index is -0.928. The van der Waals surface area contributed by atoms with Gasteiger partial charge in [-0.2, -0.15) is 0 Å². The molecule has 1 saturated heterocycles. The van der Waals surface area contributed by atoms with E-state index < -0.39 is 22.7 Å². The Morgan fingerprint density at radius 3 is 2.71 bits per heavy atom. The molecule has 0 spiro atoms. The number of aliphatic carboxylic acids is 1. The molecule has 0 aromatic heterocycles. The van der Waals surface area contributed by atoms with Crippen LogP contribution in [0, 0.1) is 16.0 Å². The largest absolute Gasteiger partial charge is 0.481 e. The average Bonchev–Trinajstić information content (AvgIpc) is 2.46. The van der Waals surface area contributed by atoms with Crippen LogP contribution in [0.3, 0.4) is 0 Å². The highest BCUT2D eigenvalue weighted by Gasteiger charge is 2.29. The minimum Gasteiger partial charge on any atom is -0.481 e. The lowest BCUT2D eigenvalue weighted by Crippen LogP contribution is -2.42. The second kappa shape index (κ2) is 6.09. The highest BCUT2D eigenvalue weighted by molar-refractivity contribution is 6.34. The number of hydrogen-bond acceptors (Lipinski definition) is 4. The van der Waals surface area contributed by atoms with Gasteiger partial charge >= 0.3 is 5.97 Å². The van der Waals surface area contributed by atoms with E-state index in [2.05, 4.69) is 0 Å². The normalized spacial score (nSPS) is 18.3. The number of amides is 1. The topological polar surface area (TPSA) is 101 Å². The van der Waals surface area contributed by atoms with Crippen LogP contribution in [-0.2, 0) is 4.79 Å². The van der Waals surface area contributed by atoms with Gasteiger partial charge in [-0.3, -0.25) is 19.7 Å². The fourth-order valence-corrected chi connectivity index (χ4v) is 2.58. The first-order chi connectivity index (χ1) is 9.90. The summed E-state index contributed by atoms with van der Waals surface area (Å²) in [5.41, 5.74) is -0.0492. The molecule has 0 unspecified atom stereocenters. The Morgan fingerprint density at radius 1 is 1.43 bits per heavy atom. The molecular weight excluding hydrogens is 300 g/mol. The summed E-state index contributed by atoms with van der Waals surface area (Å²) in [6.07, 6.45) is 1.14. The van der Waals surface area contributed by atoms with Gasteiger partial charge in [-0.15, -0.1) is 0 Å². The van der Waals surface area contributed by atoms with Crippen LogP contribution in [0.25, 0.3) is 0 Å². The molecule has 2 rings (SSSR count). The Kier molecular flexibility index (Phi) is 4.42. The van der Waals surface area contributed by atoms with E-state index in [1.165, 1.54) is 17.0 Å². The quantitative estimate of drug-likeness (QED) is 0.681. The third kappa shape index (κ3) is 3.30. The molecule has 1 fully saturated rings. The zero-order chi connectivity index (χ0) is 15.6. The fourth-order valence-electron chi connectivity index (χ4n) is 2.32. The number of hydrogen-bond donors (Lipinski definition) is 1. The summed E-state index contributed by atoms with van der Waals surface area (Å²) in [5, 5.41) is 19.7. The number of carboxylic acids is 1. The van der Waals surface area contributed by atoms with Crippen molar-refractivity contribution in [3.8, 4) is 0 Å². The van der Waals surface area contributed by atoms with Gasteiger partial charge in [0.15, 0.2) is 0 Å². The second-order valence-electron chi connectivity index (χ2n) is 4.85. The van der Waals surface area contributed by atoms with Gasteiger partial charge in [-0.05, 0) is 18.9 Å². The smallest absolute Gasteiger partial charge is 0.308 e. The van der Waals surface area contributed by atoms with Gasteiger partial charge in [0.2, 0.25) is 0 Å². The number of carbonyl (C=O) groups is 2. The van der Waals surface area contributed by atoms with E-state index in [9.17, 15) is 19.7 Å². The molecule has 7 nitrogen and oxygen atoms in total. The first kappa shape index (κ1) is 15.2. The first-order valence-electron chi connectivity index (χ1n) is 6.36. The van der Waals surface area contributed by atoms with Crippen molar-refractivity contribution in [1.82, 2.24) is 4.90 Å². The molecule has 0 radical (unpaired) electrons. The Hall–Kier alpha value is -2.15. The van der Waals surface area contributed by atoms with Crippen molar-refractivity contribution in [2.24, 2.45) is 5.92 Å². The van der Waals surface area contributed by atoms with Crippen LogP contribution >= 0.6 is 11.6 Å². The summed E-state index contributed by atoms with van der Waals surface area (Å²) in [6, 6.07) is 3.62. The summed E-state index contributed by atoms with van der Waals surface area (Å²) < 4.78 is 0. The van der Waals surface area contributed by atoms with Gasteiger partial charge < -0.3 is 10.0 Å². The van der Waals surface area contributed by atoms with Crippen LogP contribution < -0.4 is 0 Å².